The molecule has 0 saturated heterocycles. The summed E-state index contributed by atoms with van der Waals surface area (Å²) in [4.78, 5) is 11.6. The standard InChI is InChI=1S/C27H34O2/c1-4-6-13-24(22-15-9-8-10-16-22)21-25(14-7-5-2)26-18-12-11-17-23(26)19-20-27(28)29-3/h8-12,15-21,24H,4-7,13-14H2,1-3H3/b20-19+,25-21?. The molecule has 0 saturated carbocycles. The lowest BCUT2D eigenvalue weighted by molar-refractivity contribution is -0.134. The number of benzene rings is 2. The Kier molecular flexibility index (Phi) is 9.99. The van der Waals surface area contributed by atoms with Crippen LogP contribution in [0.5, 0.6) is 0 Å². The van der Waals surface area contributed by atoms with Crippen molar-refractivity contribution in [3.05, 3.63) is 83.4 Å². The lowest BCUT2D eigenvalue weighted by Crippen LogP contribution is -1.99. The van der Waals surface area contributed by atoms with Gasteiger partial charge in [0.05, 0.1) is 7.11 Å². The van der Waals surface area contributed by atoms with E-state index < -0.39 is 0 Å². The van der Waals surface area contributed by atoms with Gasteiger partial charge in [0.15, 0.2) is 0 Å². The highest BCUT2D eigenvalue weighted by Gasteiger charge is 2.13. The molecule has 1 atom stereocenters. The van der Waals surface area contributed by atoms with Crippen LogP contribution in [0.4, 0.5) is 0 Å². The molecule has 0 heterocycles. The Morgan fingerprint density at radius 1 is 0.966 bits per heavy atom. The van der Waals surface area contributed by atoms with Gasteiger partial charge in [-0.15, -0.1) is 0 Å². The van der Waals surface area contributed by atoms with Crippen LogP contribution >= 0.6 is 0 Å². The first kappa shape index (κ1) is 22.7. The van der Waals surface area contributed by atoms with E-state index in [9.17, 15) is 4.79 Å². The van der Waals surface area contributed by atoms with E-state index in [2.05, 4.69) is 68.5 Å². The van der Waals surface area contributed by atoms with E-state index >= 15 is 0 Å². The number of hydrogen-bond acceptors (Lipinski definition) is 2. The molecule has 0 radical (unpaired) electrons. The van der Waals surface area contributed by atoms with Crippen molar-refractivity contribution in [1.29, 1.82) is 0 Å². The summed E-state index contributed by atoms with van der Waals surface area (Å²) in [6.45, 7) is 4.48. The van der Waals surface area contributed by atoms with Crippen molar-refractivity contribution in [2.75, 3.05) is 7.11 Å². The number of methoxy groups -OCH3 is 1. The van der Waals surface area contributed by atoms with Gasteiger partial charge in [0, 0.05) is 12.0 Å². The summed E-state index contributed by atoms with van der Waals surface area (Å²) in [5.74, 6) is 0.0737. The van der Waals surface area contributed by atoms with E-state index in [4.69, 9.17) is 4.74 Å². The van der Waals surface area contributed by atoms with Crippen molar-refractivity contribution in [3.8, 4) is 0 Å². The van der Waals surface area contributed by atoms with Crippen LogP contribution in [-0.2, 0) is 9.53 Å². The zero-order valence-electron chi connectivity index (χ0n) is 18.1. The maximum absolute atomic E-state index is 11.6. The van der Waals surface area contributed by atoms with E-state index in [-0.39, 0.29) is 5.97 Å². The Bertz CT molecular complexity index is 802. The Hall–Kier alpha value is -2.61. The van der Waals surface area contributed by atoms with Gasteiger partial charge in [0.2, 0.25) is 0 Å². The van der Waals surface area contributed by atoms with E-state index in [1.54, 1.807) is 0 Å². The van der Waals surface area contributed by atoms with Gasteiger partial charge in [-0.1, -0.05) is 93.8 Å². The number of esters is 1. The second kappa shape index (κ2) is 12.8. The maximum Gasteiger partial charge on any atom is 0.330 e. The molecule has 0 aliphatic rings. The quantitative estimate of drug-likeness (QED) is 0.295. The minimum absolute atomic E-state index is 0.330. The summed E-state index contributed by atoms with van der Waals surface area (Å²) >= 11 is 0. The summed E-state index contributed by atoms with van der Waals surface area (Å²) in [6.07, 6.45) is 12.7. The van der Waals surface area contributed by atoms with Crippen LogP contribution in [0.15, 0.2) is 66.7 Å². The molecule has 0 spiro atoms. The molecule has 2 rings (SSSR count). The summed E-state index contributed by atoms with van der Waals surface area (Å²) in [5.41, 5.74) is 5.00. The van der Waals surface area contributed by atoms with E-state index in [0.717, 1.165) is 31.2 Å². The molecular formula is C27H34O2. The van der Waals surface area contributed by atoms with Crippen LogP contribution in [0.2, 0.25) is 0 Å². The predicted octanol–water partition coefficient (Wildman–Crippen LogP) is 7.42. The second-order valence-corrected chi connectivity index (χ2v) is 7.40. The van der Waals surface area contributed by atoms with Gasteiger partial charge >= 0.3 is 5.97 Å². The summed E-state index contributed by atoms with van der Waals surface area (Å²) in [7, 11) is 1.41. The molecule has 2 heteroatoms. The number of ether oxygens (including phenoxy) is 1. The van der Waals surface area contributed by atoms with Crippen molar-refractivity contribution >= 4 is 17.6 Å². The number of rotatable bonds is 11. The van der Waals surface area contributed by atoms with Crippen LogP contribution in [0.3, 0.4) is 0 Å². The Labute approximate surface area is 176 Å². The molecule has 1 unspecified atom stereocenters. The van der Waals surface area contributed by atoms with Crippen molar-refractivity contribution < 1.29 is 9.53 Å². The topological polar surface area (TPSA) is 26.3 Å². The monoisotopic (exact) mass is 390 g/mol. The molecular weight excluding hydrogens is 356 g/mol. The predicted molar refractivity (Wildman–Crippen MR) is 124 cm³/mol. The highest BCUT2D eigenvalue weighted by Crippen LogP contribution is 2.32. The van der Waals surface area contributed by atoms with Gasteiger partial charge in [0.1, 0.15) is 0 Å². The van der Waals surface area contributed by atoms with Crippen LogP contribution in [0.25, 0.3) is 11.6 Å². The van der Waals surface area contributed by atoms with Crippen LogP contribution in [-0.4, -0.2) is 13.1 Å². The smallest absolute Gasteiger partial charge is 0.330 e. The lowest BCUT2D eigenvalue weighted by Gasteiger charge is -2.18. The number of carbonyl (C=O) groups is 1. The van der Waals surface area contributed by atoms with Gasteiger partial charge < -0.3 is 4.74 Å². The third kappa shape index (κ3) is 7.38. The number of carbonyl (C=O) groups excluding carboxylic acids is 1. The second-order valence-electron chi connectivity index (χ2n) is 7.40. The van der Waals surface area contributed by atoms with Crippen LogP contribution < -0.4 is 0 Å². The third-order valence-corrected chi connectivity index (χ3v) is 5.21. The van der Waals surface area contributed by atoms with E-state index in [1.807, 2.05) is 12.1 Å². The Balaban J connectivity index is 2.46. The molecule has 0 N–H and O–H groups in total. The van der Waals surface area contributed by atoms with Crippen molar-refractivity contribution in [1.82, 2.24) is 0 Å². The minimum Gasteiger partial charge on any atom is -0.466 e. The Morgan fingerprint density at radius 2 is 1.66 bits per heavy atom. The SMILES string of the molecule is CCCCC(=CC(CCCC)c1ccccc1)c1ccccc1/C=C/C(=O)OC. The highest BCUT2D eigenvalue weighted by molar-refractivity contribution is 5.88. The van der Waals surface area contributed by atoms with Gasteiger partial charge in [-0.3, -0.25) is 0 Å². The summed E-state index contributed by atoms with van der Waals surface area (Å²) in [5, 5.41) is 0. The molecule has 2 aromatic carbocycles. The first-order valence-electron chi connectivity index (χ1n) is 10.8. The normalized spacial score (nSPS) is 12.9. The van der Waals surface area contributed by atoms with Gasteiger partial charge in [-0.05, 0) is 47.6 Å². The van der Waals surface area contributed by atoms with Gasteiger partial charge in [-0.2, -0.15) is 0 Å². The van der Waals surface area contributed by atoms with E-state index in [0.29, 0.717) is 5.92 Å². The van der Waals surface area contributed by atoms with Gasteiger partial charge in [0.25, 0.3) is 0 Å². The average molecular weight is 391 g/mol. The zero-order valence-corrected chi connectivity index (χ0v) is 18.1. The van der Waals surface area contributed by atoms with Gasteiger partial charge in [-0.25, -0.2) is 4.79 Å². The molecule has 29 heavy (non-hydrogen) atoms. The molecule has 0 aliphatic heterocycles. The molecule has 0 aliphatic carbocycles. The lowest BCUT2D eigenvalue weighted by atomic mass is 9.87. The largest absolute Gasteiger partial charge is 0.466 e. The zero-order chi connectivity index (χ0) is 20.9. The molecule has 2 aromatic rings. The fraction of sp³-hybridized carbons (Fsp3) is 0.370. The van der Waals surface area contributed by atoms with Crippen LogP contribution in [0, 0.1) is 0 Å². The summed E-state index contributed by atoms with van der Waals surface area (Å²) < 4.78 is 4.76. The molecule has 0 amide bonds. The molecule has 0 fully saturated rings. The first-order chi connectivity index (χ1) is 14.2. The number of allylic oxidation sites excluding steroid dienone is 2. The van der Waals surface area contributed by atoms with Crippen molar-refractivity contribution in [2.45, 2.75) is 58.3 Å². The van der Waals surface area contributed by atoms with E-state index in [1.165, 1.54) is 42.7 Å². The summed E-state index contributed by atoms with van der Waals surface area (Å²) in [6, 6.07) is 19.1. The Morgan fingerprint density at radius 3 is 2.34 bits per heavy atom. The molecule has 0 aromatic heterocycles. The number of hydrogen-bond donors (Lipinski definition) is 0. The third-order valence-electron chi connectivity index (χ3n) is 5.21. The first-order valence-corrected chi connectivity index (χ1v) is 10.8. The number of unbranched alkanes of at least 4 members (excludes halogenated alkanes) is 2. The molecule has 2 nitrogen and oxygen atoms in total. The average Bonchev–Trinajstić information content (AvgIpc) is 2.78. The maximum atomic E-state index is 11.6. The van der Waals surface area contributed by atoms with Crippen molar-refractivity contribution in [2.24, 2.45) is 0 Å². The fourth-order valence-corrected chi connectivity index (χ4v) is 3.55. The minimum atomic E-state index is -0.330. The fourth-order valence-electron chi connectivity index (χ4n) is 3.55. The van der Waals surface area contributed by atoms with Crippen LogP contribution in [0.1, 0.15) is 75.0 Å². The highest BCUT2D eigenvalue weighted by atomic mass is 16.5. The molecule has 0 bridgehead atoms. The molecule has 154 valence electrons. The van der Waals surface area contributed by atoms with Crippen molar-refractivity contribution in [3.63, 3.8) is 0 Å².